The minimum atomic E-state index is -1.64. The van der Waals surface area contributed by atoms with Crippen LogP contribution in [0, 0.1) is 25.2 Å². The summed E-state index contributed by atoms with van der Waals surface area (Å²) in [4.78, 5) is 14.1. The first-order valence-corrected chi connectivity index (χ1v) is 11.4. The summed E-state index contributed by atoms with van der Waals surface area (Å²) in [6.07, 6.45) is 0. The Hall–Kier alpha value is -3.61. The molecule has 1 aliphatic rings. The van der Waals surface area contributed by atoms with Crippen LogP contribution in [-0.4, -0.2) is 38.4 Å². The molecule has 168 valence electrons. The minimum Gasteiger partial charge on any atom is -0.462 e. The van der Waals surface area contributed by atoms with E-state index in [-0.39, 0.29) is 17.9 Å². The molecule has 0 amide bonds. The molecule has 1 N–H and O–H groups in total. The molecule has 1 unspecified atom stereocenters. The summed E-state index contributed by atoms with van der Waals surface area (Å²) in [6.45, 7) is 5.65. The topological polar surface area (TPSA) is 104 Å². The van der Waals surface area contributed by atoms with Crippen LogP contribution < -0.4 is 4.90 Å². The van der Waals surface area contributed by atoms with Gasteiger partial charge in [0, 0.05) is 5.69 Å². The van der Waals surface area contributed by atoms with E-state index in [1.54, 1.807) is 28.6 Å². The lowest BCUT2D eigenvalue weighted by atomic mass is 10.1. The second-order valence-corrected chi connectivity index (χ2v) is 8.52. The number of aliphatic hydroxyl groups is 1. The van der Waals surface area contributed by atoms with Gasteiger partial charge < -0.3 is 9.84 Å². The van der Waals surface area contributed by atoms with Crippen molar-refractivity contribution in [3.8, 4) is 11.8 Å². The molecule has 0 saturated carbocycles. The van der Waals surface area contributed by atoms with Gasteiger partial charge in [-0.2, -0.15) is 5.26 Å². The van der Waals surface area contributed by atoms with Crippen molar-refractivity contribution in [1.82, 2.24) is 15.0 Å². The van der Waals surface area contributed by atoms with Gasteiger partial charge in [0.25, 0.3) is 0 Å². The maximum absolute atomic E-state index is 12.5. The second-order valence-electron chi connectivity index (χ2n) is 7.56. The highest BCUT2D eigenvalue weighted by atomic mass is 32.2. The molecule has 3 aromatic rings. The van der Waals surface area contributed by atoms with Crippen molar-refractivity contribution in [2.24, 2.45) is 0 Å². The number of nitrogens with zero attached hydrogens (tertiary/aromatic N) is 5. The lowest BCUT2D eigenvalue weighted by Gasteiger charge is -2.34. The van der Waals surface area contributed by atoms with Crippen molar-refractivity contribution in [2.75, 3.05) is 17.3 Å². The van der Waals surface area contributed by atoms with E-state index in [9.17, 15) is 15.2 Å². The maximum Gasteiger partial charge on any atom is 0.351 e. The molecule has 9 heteroatoms. The Labute approximate surface area is 196 Å². The summed E-state index contributed by atoms with van der Waals surface area (Å²) in [7, 11) is 0. The zero-order valence-electron chi connectivity index (χ0n) is 18.5. The zero-order valence-corrected chi connectivity index (χ0v) is 19.3. The van der Waals surface area contributed by atoms with Crippen LogP contribution in [0.3, 0.4) is 0 Å². The Kier molecular flexibility index (Phi) is 6.22. The van der Waals surface area contributed by atoms with E-state index in [0.29, 0.717) is 22.1 Å². The van der Waals surface area contributed by atoms with E-state index in [2.05, 4.69) is 10.3 Å². The molecule has 0 bridgehead atoms. The number of benzene rings is 2. The quantitative estimate of drug-likeness (QED) is 0.349. The number of rotatable bonds is 5. The van der Waals surface area contributed by atoms with Gasteiger partial charge in [-0.25, -0.2) is 9.48 Å². The molecule has 4 rings (SSSR count). The minimum absolute atomic E-state index is 0.140. The number of thioether (sulfide) groups is 1. The summed E-state index contributed by atoms with van der Waals surface area (Å²) in [6, 6.07) is 18.9. The Balaban J connectivity index is 1.87. The third kappa shape index (κ3) is 3.99. The number of aryl methyl sites for hydroxylation is 1. The van der Waals surface area contributed by atoms with E-state index in [1.807, 2.05) is 62.4 Å². The average Bonchev–Trinajstić information content (AvgIpc) is 3.37. The standard InChI is InChI=1S/C24H23N5O3S/c1-4-32-23(30)20(14-25)22-28(18-8-6-5-7-9-18)24(31,15-33-22)21-17(3)29(27-26-21)19-12-10-16(2)11-13-19/h5-13,31H,4,15H2,1-3H3/b22-20+. The third-order valence-electron chi connectivity index (χ3n) is 5.36. The normalized spacial score (nSPS) is 19.3. The number of hydrogen-bond donors (Lipinski definition) is 1. The van der Waals surface area contributed by atoms with E-state index in [0.717, 1.165) is 11.3 Å². The van der Waals surface area contributed by atoms with Gasteiger partial charge in [0.1, 0.15) is 16.8 Å². The summed E-state index contributed by atoms with van der Waals surface area (Å²) in [5.74, 6) is -0.581. The van der Waals surface area contributed by atoms with Crippen LogP contribution in [0.15, 0.2) is 65.2 Å². The summed E-state index contributed by atoms with van der Waals surface area (Å²) >= 11 is 1.20. The fraction of sp³-hybridized carbons (Fsp3) is 0.250. The molecule has 8 nitrogen and oxygen atoms in total. The number of nitriles is 1. The first-order valence-electron chi connectivity index (χ1n) is 10.4. The number of anilines is 1. The van der Waals surface area contributed by atoms with Gasteiger partial charge in [-0.05, 0) is 45.0 Å². The molecule has 33 heavy (non-hydrogen) atoms. The van der Waals surface area contributed by atoms with Crippen molar-refractivity contribution in [1.29, 1.82) is 5.26 Å². The molecule has 2 aromatic carbocycles. The molecule has 1 saturated heterocycles. The first kappa shape index (κ1) is 22.6. The summed E-state index contributed by atoms with van der Waals surface area (Å²) in [5, 5.41) is 30.7. The molecule has 0 aliphatic carbocycles. The third-order valence-corrected chi connectivity index (χ3v) is 6.56. The fourth-order valence-corrected chi connectivity index (χ4v) is 5.01. The molecule has 2 heterocycles. The SMILES string of the molecule is CCOC(=O)/C(C#N)=C1/SCC(O)(c2nnn(-c3ccc(C)cc3)c2C)N1c1ccccc1. The zero-order chi connectivity index (χ0) is 23.6. The van der Waals surface area contributed by atoms with Crippen molar-refractivity contribution in [2.45, 2.75) is 26.5 Å². The molecule has 0 spiro atoms. The predicted octanol–water partition coefficient (Wildman–Crippen LogP) is 3.58. The van der Waals surface area contributed by atoms with Crippen LogP contribution in [0.5, 0.6) is 0 Å². The van der Waals surface area contributed by atoms with Gasteiger partial charge >= 0.3 is 5.97 Å². The van der Waals surface area contributed by atoms with Crippen molar-refractivity contribution in [3.63, 3.8) is 0 Å². The Bertz CT molecular complexity index is 1250. The van der Waals surface area contributed by atoms with Gasteiger partial charge in [0.15, 0.2) is 11.3 Å². The number of esters is 1. The largest absolute Gasteiger partial charge is 0.462 e. The summed E-state index contributed by atoms with van der Waals surface area (Å²) in [5.41, 5.74) is 1.75. The van der Waals surface area contributed by atoms with Crippen LogP contribution in [0.25, 0.3) is 5.69 Å². The molecule has 1 aromatic heterocycles. The van der Waals surface area contributed by atoms with Gasteiger partial charge in [-0.3, -0.25) is 4.90 Å². The van der Waals surface area contributed by atoms with Crippen LogP contribution in [0.2, 0.25) is 0 Å². The van der Waals surface area contributed by atoms with Crippen LogP contribution in [-0.2, 0) is 15.3 Å². The fourth-order valence-electron chi connectivity index (χ4n) is 3.75. The Morgan fingerprint density at radius 1 is 1.18 bits per heavy atom. The van der Waals surface area contributed by atoms with Crippen molar-refractivity contribution in [3.05, 3.63) is 82.2 Å². The average molecular weight is 462 g/mol. The van der Waals surface area contributed by atoms with Gasteiger partial charge in [0.05, 0.1) is 23.7 Å². The van der Waals surface area contributed by atoms with Crippen molar-refractivity contribution < 1.29 is 14.6 Å². The number of aromatic nitrogens is 3. The predicted molar refractivity (Wildman–Crippen MR) is 125 cm³/mol. The first-order chi connectivity index (χ1) is 15.9. The molecule has 1 fully saturated rings. The molecule has 1 aliphatic heterocycles. The number of carbonyl (C=O) groups is 1. The number of ether oxygens (including phenoxy) is 1. The van der Waals surface area contributed by atoms with Gasteiger partial charge in [-0.15, -0.1) is 16.9 Å². The number of hydrogen-bond acceptors (Lipinski definition) is 8. The second kappa shape index (κ2) is 9.10. The maximum atomic E-state index is 12.5. The Morgan fingerprint density at radius 2 is 1.88 bits per heavy atom. The molecule has 1 atom stereocenters. The number of para-hydroxylation sites is 1. The lowest BCUT2D eigenvalue weighted by molar-refractivity contribution is -0.138. The summed E-state index contributed by atoms with van der Waals surface area (Å²) < 4.78 is 6.75. The van der Waals surface area contributed by atoms with Crippen molar-refractivity contribution >= 4 is 23.4 Å². The van der Waals surface area contributed by atoms with E-state index >= 15 is 0 Å². The van der Waals surface area contributed by atoms with E-state index in [1.165, 1.54) is 11.8 Å². The highest BCUT2D eigenvalue weighted by Crippen LogP contribution is 2.48. The highest BCUT2D eigenvalue weighted by molar-refractivity contribution is 8.03. The van der Waals surface area contributed by atoms with Gasteiger partial charge in [0.2, 0.25) is 0 Å². The van der Waals surface area contributed by atoms with E-state index < -0.39 is 11.7 Å². The van der Waals surface area contributed by atoms with Gasteiger partial charge in [-0.1, -0.05) is 41.1 Å². The van der Waals surface area contributed by atoms with E-state index in [4.69, 9.17) is 4.74 Å². The smallest absolute Gasteiger partial charge is 0.351 e. The molecular weight excluding hydrogens is 438 g/mol. The molecule has 0 radical (unpaired) electrons. The van der Waals surface area contributed by atoms with Crippen LogP contribution >= 0.6 is 11.8 Å². The Morgan fingerprint density at radius 3 is 2.52 bits per heavy atom. The number of carbonyl (C=O) groups excluding carboxylic acids is 1. The van der Waals surface area contributed by atoms with Crippen LogP contribution in [0.1, 0.15) is 23.9 Å². The molecular formula is C24H23N5O3S. The lowest BCUT2D eigenvalue weighted by Crippen LogP contribution is -2.44. The van der Waals surface area contributed by atoms with Crippen LogP contribution in [0.4, 0.5) is 5.69 Å². The monoisotopic (exact) mass is 461 g/mol. The highest BCUT2D eigenvalue weighted by Gasteiger charge is 2.50.